The van der Waals surface area contributed by atoms with Crippen LogP contribution in [-0.4, -0.2) is 15.6 Å². The van der Waals surface area contributed by atoms with Crippen molar-refractivity contribution in [2.45, 2.75) is 46.6 Å². The van der Waals surface area contributed by atoms with Gasteiger partial charge in [0.25, 0.3) is 0 Å². The number of carbonyl (C=O) groups excluding carboxylic acids is 1. The molecule has 0 bridgehead atoms. The van der Waals surface area contributed by atoms with Gasteiger partial charge in [0, 0.05) is 6.04 Å². The van der Waals surface area contributed by atoms with Gasteiger partial charge in [-0.3, -0.25) is 9.48 Å². The molecular weight excluding hydrogens is 280 g/mol. The number of halogens is 1. The molecule has 0 amide bonds. The van der Waals surface area contributed by atoms with E-state index in [1.54, 1.807) is 17.0 Å². The fraction of sp³-hybridized carbons (Fsp3) is 0.538. The first-order valence-corrected chi connectivity index (χ1v) is 6.77. The van der Waals surface area contributed by atoms with Gasteiger partial charge in [-0.15, -0.1) is 0 Å². The standard InChI is InChI=1S/C13H19BrN2O/c1-5-10(6-2)7-12(17)13-11(14)8-15-16(13)9(3)4/h7-9H,5-6H2,1-4H3. The van der Waals surface area contributed by atoms with Crippen LogP contribution in [0, 0.1) is 0 Å². The molecule has 0 radical (unpaired) electrons. The summed E-state index contributed by atoms with van der Waals surface area (Å²) in [6, 6.07) is 0.181. The van der Waals surface area contributed by atoms with E-state index in [2.05, 4.69) is 34.9 Å². The Labute approximate surface area is 111 Å². The number of allylic oxidation sites excluding steroid dienone is 2. The second-order valence-electron chi connectivity index (χ2n) is 4.25. The molecule has 0 saturated carbocycles. The Hall–Kier alpha value is -0.900. The summed E-state index contributed by atoms with van der Waals surface area (Å²) in [5.41, 5.74) is 1.80. The van der Waals surface area contributed by atoms with E-state index in [-0.39, 0.29) is 11.8 Å². The molecule has 0 fully saturated rings. The Kier molecular flexibility index (Phi) is 5.12. The highest BCUT2D eigenvalue weighted by Crippen LogP contribution is 2.21. The molecule has 4 heteroatoms. The van der Waals surface area contributed by atoms with Gasteiger partial charge in [-0.2, -0.15) is 5.10 Å². The van der Waals surface area contributed by atoms with Crippen molar-refractivity contribution in [3.63, 3.8) is 0 Å². The van der Waals surface area contributed by atoms with Gasteiger partial charge in [-0.1, -0.05) is 19.4 Å². The quantitative estimate of drug-likeness (QED) is 0.604. The van der Waals surface area contributed by atoms with Crippen molar-refractivity contribution >= 4 is 21.7 Å². The molecule has 0 saturated heterocycles. The molecule has 1 aromatic rings. The number of hydrogen-bond donors (Lipinski definition) is 0. The van der Waals surface area contributed by atoms with Crippen LogP contribution in [0.5, 0.6) is 0 Å². The van der Waals surface area contributed by atoms with Crippen molar-refractivity contribution in [3.05, 3.63) is 28.0 Å². The lowest BCUT2D eigenvalue weighted by Gasteiger charge is -2.09. The van der Waals surface area contributed by atoms with Crippen molar-refractivity contribution in [2.75, 3.05) is 0 Å². The van der Waals surface area contributed by atoms with Gasteiger partial charge in [-0.05, 0) is 48.7 Å². The zero-order valence-corrected chi connectivity index (χ0v) is 12.4. The highest BCUT2D eigenvalue weighted by atomic mass is 79.9. The number of carbonyl (C=O) groups is 1. The lowest BCUT2D eigenvalue weighted by Crippen LogP contribution is -2.12. The largest absolute Gasteiger partial charge is 0.288 e. The summed E-state index contributed by atoms with van der Waals surface area (Å²) < 4.78 is 2.52. The molecule has 0 atom stereocenters. The molecule has 17 heavy (non-hydrogen) atoms. The first-order valence-electron chi connectivity index (χ1n) is 5.98. The van der Waals surface area contributed by atoms with Gasteiger partial charge in [0.15, 0.2) is 0 Å². The maximum atomic E-state index is 12.2. The van der Waals surface area contributed by atoms with Crippen LogP contribution < -0.4 is 0 Å². The Balaban J connectivity index is 3.12. The molecule has 0 aliphatic heterocycles. The van der Waals surface area contributed by atoms with Gasteiger partial charge in [0.2, 0.25) is 5.78 Å². The second-order valence-corrected chi connectivity index (χ2v) is 5.11. The predicted molar refractivity (Wildman–Crippen MR) is 73.3 cm³/mol. The van der Waals surface area contributed by atoms with E-state index >= 15 is 0 Å². The van der Waals surface area contributed by atoms with Crippen molar-refractivity contribution in [1.82, 2.24) is 9.78 Å². The highest BCUT2D eigenvalue weighted by molar-refractivity contribution is 9.10. The van der Waals surface area contributed by atoms with Crippen molar-refractivity contribution in [1.29, 1.82) is 0 Å². The Morgan fingerprint density at radius 2 is 2.06 bits per heavy atom. The Morgan fingerprint density at radius 1 is 1.47 bits per heavy atom. The maximum Gasteiger partial charge on any atom is 0.204 e. The van der Waals surface area contributed by atoms with E-state index in [4.69, 9.17) is 0 Å². The highest BCUT2D eigenvalue weighted by Gasteiger charge is 2.17. The number of nitrogens with zero attached hydrogens (tertiary/aromatic N) is 2. The van der Waals surface area contributed by atoms with E-state index < -0.39 is 0 Å². The zero-order chi connectivity index (χ0) is 13.0. The molecular formula is C13H19BrN2O. The number of aromatic nitrogens is 2. The topological polar surface area (TPSA) is 34.9 Å². The van der Waals surface area contributed by atoms with Crippen LogP contribution in [0.1, 0.15) is 57.1 Å². The summed E-state index contributed by atoms with van der Waals surface area (Å²) in [6.45, 7) is 8.16. The smallest absolute Gasteiger partial charge is 0.204 e. The van der Waals surface area contributed by atoms with Crippen molar-refractivity contribution in [3.8, 4) is 0 Å². The molecule has 0 unspecified atom stereocenters. The van der Waals surface area contributed by atoms with Gasteiger partial charge in [0.1, 0.15) is 5.69 Å². The number of rotatable bonds is 5. The monoisotopic (exact) mass is 298 g/mol. The second kappa shape index (κ2) is 6.15. The van der Waals surface area contributed by atoms with Crippen LogP contribution in [0.15, 0.2) is 22.3 Å². The van der Waals surface area contributed by atoms with Gasteiger partial charge >= 0.3 is 0 Å². The molecule has 94 valence electrons. The van der Waals surface area contributed by atoms with E-state index in [1.165, 1.54) is 5.57 Å². The fourth-order valence-corrected chi connectivity index (χ4v) is 2.14. The van der Waals surface area contributed by atoms with Crippen molar-refractivity contribution in [2.24, 2.45) is 0 Å². The first kappa shape index (κ1) is 14.2. The summed E-state index contributed by atoms with van der Waals surface area (Å²) in [5.74, 6) is 0.0294. The van der Waals surface area contributed by atoms with E-state index in [0.29, 0.717) is 5.69 Å². The SMILES string of the molecule is CCC(=CC(=O)c1c(Br)cnn1C(C)C)CC. The third-order valence-corrected chi connectivity index (χ3v) is 3.30. The lowest BCUT2D eigenvalue weighted by molar-refractivity contribution is 0.103. The van der Waals surface area contributed by atoms with Gasteiger partial charge < -0.3 is 0 Å². The number of ketones is 1. The summed E-state index contributed by atoms with van der Waals surface area (Å²) in [4.78, 5) is 12.2. The Bertz CT molecular complexity index is 427. The van der Waals surface area contributed by atoms with Crippen LogP contribution >= 0.6 is 15.9 Å². The van der Waals surface area contributed by atoms with E-state index in [1.807, 2.05) is 13.8 Å². The van der Waals surface area contributed by atoms with Crippen LogP contribution in [0.3, 0.4) is 0 Å². The van der Waals surface area contributed by atoms with Crippen LogP contribution in [0.25, 0.3) is 0 Å². The minimum Gasteiger partial charge on any atom is -0.288 e. The van der Waals surface area contributed by atoms with Gasteiger partial charge in [0.05, 0.1) is 10.7 Å². The maximum absolute atomic E-state index is 12.2. The first-order chi connectivity index (χ1) is 8.01. The molecule has 3 nitrogen and oxygen atoms in total. The summed E-state index contributed by atoms with van der Waals surface area (Å²) in [7, 11) is 0. The van der Waals surface area contributed by atoms with Crippen LogP contribution in [0.4, 0.5) is 0 Å². The molecule has 0 aromatic carbocycles. The van der Waals surface area contributed by atoms with Gasteiger partial charge in [-0.25, -0.2) is 0 Å². The lowest BCUT2D eigenvalue weighted by atomic mass is 10.1. The minimum atomic E-state index is 0.0294. The third kappa shape index (κ3) is 3.28. The van der Waals surface area contributed by atoms with E-state index in [0.717, 1.165) is 17.3 Å². The molecule has 1 heterocycles. The summed E-state index contributed by atoms with van der Waals surface area (Å²) in [5, 5.41) is 4.21. The zero-order valence-electron chi connectivity index (χ0n) is 10.8. The summed E-state index contributed by atoms with van der Waals surface area (Å²) >= 11 is 3.39. The summed E-state index contributed by atoms with van der Waals surface area (Å²) in [6.07, 6.45) is 5.24. The molecule has 1 aromatic heterocycles. The molecule has 0 spiro atoms. The number of hydrogen-bond acceptors (Lipinski definition) is 2. The average Bonchev–Trinajstić information content (AvgIpc) is 2.67. The third-order valence-electron chi connectivity index (χ3n) is 2.72. The molecule has 0 N–H and O–H groups in total. The normalized spacial score (nSPS) is 10.7. The Morgan fingerprint density at radius 3 is 2.53 bits per heavy atom. The van der Waals surface area contributed by atoms with Crippen molar-refractivity contribution < 1.29 is 4.79 Å². The minimum absolute atomic E-state index is 0.0294. The molecule has 0 aliphatic carbocycles. The van der Waals surface area contributed by atoms with Crippen LogP contribution in [0.2, 0.25) is 0 Å². The molecule has 1 rings (SSSR count). The fourth-order valence-electron chi connectivity index (χ4n) is 1.67. The van der Waals surface area contributed by atoms with Crippen LogP contribution in [-0.2, 0) is 0 Å². The van der Waals surface area contributed by atoms with E-state index in [9.17, 15) is 4.79 Å². The predicted octanol–water partition coefficient (Wildman–Crippen LogP) is 4.16. The average molecular weight is 299 g/mol. The molecule has 0 aliphatic rings.